The number of rotatable bonds is 4. The molecule has 138 valence electrons. The zero-order valence-electron chi connectivity index (χ0n) is 15.7. The Hall–Kier alpha value is -2.23. The number of esters is 1. The zero-order chi connectivity index (χ0) is 18.4. The van der Waals surface area contributed by atoms with Crippen molar-refractivity contribution in [1.82, 2.24) is 0 Å². The van der Waals surface area contributed by atoms with E-state index in [0.29, 0.717) is 5.92 Å². The fourth-order valence-electron chi connectivity index (χ4n) is 4.81. The molecule has 0 amide bonds. The van der Waals surface area contributed by atoms with Gasteiger partial charge in [-0.15, -0.1) is 0 Å². The van der Waals surface area contributed by atoms with Gasteiger partial charge in [-0.05, 0) is 48.3 Å². The Morgan fingerprint density at radius 1 is 1.19 bits per heavy atom. The topological polar surface area (TPSA) is 44.8 Å². The molecule has 0 saturated heterocycles. The highest BCUT2D eigenvalue weighted by atomic mass is 16.7. The van der Waals surface area contributed by atoms with Gasteiger partial charge in [-0.1, -0.05) is 45.1 Å². The van der Waals surface area contributed by atoms with Crippen LogP contribution in [0.15, 0.2) is 36.4 Å². The van der Waals surface area contributed by atoms with E-state index in [4.69, 9.17) is 14.2 Å². The van der Waals surface area contributed by atoms with Crippen LogP contribution in [0.1, 0.15) is 45.6 Å². The van der Waals surface area contributed by atoms with Crippen molar-refractivity contribution in [3.8, 4) is 11.5 Å². The number of hydrogen-bond acceptors (Lipinski definition) is 4. The fourth-order valence-corrected chi connectivity index (χ4v) is 4.81. The Kier molecular flexibility index (Phi) is 4.09. The molecule has 0 spiro atoms. The van der Waals surface area contributed by atoms with Crippen molar-refractivity contribution >= 4 is 12.0 Å². The van der Waals surface area contributed by atoms with Gasteiger partial charge in [0.25, 0.3) is 0 Å². The maximum absolute atomic E-state index is 12.2. The van der Waals surface area contributed by atoms with Crippen LogP contribution >= 0.6 is 0 Å². The molecule has 4 heteroatoms. The minimum absolute atomic E-state index is 0.0336. The van der Waals surface area contributed by atoms with Crippen molar-refractivity contribution in [3.63, 3.8) is 0 Å². The highest BCUT2D eigenvalue weighted by Crippen LogP contribution is 2.66. The molecule has 4 rings (SSSR count). The third kappa shape index (κ3) is 2.72. The standard InChI is InChI=1S/C22H26O4/c1-21(2)16-10-11-22(21,3)19(13-16)26-20(23)7-5-4-6-15-8-9-17-18(12-15)25-14-24-17/h4-9,12,16,19H,10-11,13-14H2,1-3H3/b6-4+,7-5+/t16-,19+,22+/m1/s1. The highest BCUT2D eigenvalue weighted by molar-refractivity contribution is 5.82. The summed E-state index contributed by atoms with van der Waals surface area (Å²) >= 11 is 0. The largest absolute Gasteiger partial charge is 0.459 e. The van der Waals surface area contributed by atoms with Gasteiger partial charge < -0.3 is 14.2 Å². The summed E-state index contributed by atoms with van der Waals surface area (Å²) in [4.78, 5) is 12.2. The number of benzene rings is 1. The molecule has 0 radical (unpaired) electrons. The number of carbonyl (C=O) groups excluding carboxylic acids is 1. The van der Waals surface area contributed by atoms with E-state index < -0.39 is 0 Å². The summed E-state index contributed by atoms with van der Waals surface area (Å²) < 4.78 is 16.5. The van der Waals surface area contributed by atoms with Gasteiger partial charge in [0.2, 0.25) is 6.79 Å². The van der Waals surface area contributed by atoms with Gasteiger partial charge in [0.1, 0.15) is 6.10 Å². The van der Waals surface area contributed by atoms with Crippen molar-refractivity contribution in [2.75, 3.05) is 6.79 Å². The first-order chi connectivity index (χ1) is 12.4. The van der Waals surface area contributed by atoms with Crippen molar-refractivity contribution in [3.05, 3.63) is 42.0 Å². The molecule has 0 unspecified atom stereocenters. The highest BCUT2D eigenvalue weighted by Gasteiger charge is 2.62. The summed E-state index contributed by atoms with van der Waals surface area (Å²) in [7, 11) is 0. The molecule has 3 atom stereocenters. The molecule has 3 aliphatic rings. The third-order valence-corrected chi connectivity index (χ3v) is 7.00. The number of fused-ring (bicyclic) bond motifs is 3. The lowest BCUT2D eigenvalue weighted by molar-refractivity contribution is -0.150. The van der Waals surface area contributed by atoms with Crippen molar-refractivity contribution in [2.45, 2.75) is 46.1 Å². The Bertz CT molecular complexity index is 776. The number of allylic oxidation sites excluding steroid dienone is 2. The van der Waals surface area contributed by atoms with Crippen LogP contribution in [-0.2, 0) is 9.53 Å². The van der Waals surface area contributed by atoms with Crippen LogP contribution in [0, 0.1) is 16.7 Å². The van der Waals surface area contributed by atoms with Crippen molar-refractivity contribution in [1.29, 1.82) is 0 Å². The maximum Gasteiger partial charge on any atom is 0.331 e. The van der Waals surface area contributed by atoms with E-state index in [0.717, 1.165) is 29.9 Å². The van der Waals surface area contributed by atoms with E-state index in [2.05, 4.69) is 20.8 Å². The summed E-state index contributed by atoms with van der Waals surface area (Å²) in [6, 6.07) is 5.76. The molecule has 0 aromatic heterocycles. The minimum Gasteiger partial charge on any atom is -0.459 e. The average molecular weight is 354 g/mol. The average Bonchev–Trinajstić information content (AvgIpc) is 3.21. The summed E-state index contributed by atoms with van der Waals surface area (Å²) in [5, 5.41) is 0. The van der Waals surface area contributed by atoms with Gasteiger partial charge in [-0.2, -0.15) is 0 Å². The van der Waals surface area contributed by atoms with E-state index in [1.165, 1.54) is 12.5 Å². The van der Waals surface area contributed by atoms with E-state index in [-0.39, 0.29) is 29.7 Å². The third-order valence-electron chi connectivity index (χ3n) is 7.00. The van der Waals surface area contributed by atoms with Crippen LogP contribution in [0.5, 0.6) is 11.5 Å². The van der Waals surface area contributed by atoms with Gasteiger partial charge >= 0.3 is 5.97 Å². The lowest BCUT2D eigenvalue weighted by atomic mass is 9.70. The molecule has 1 heterocycles. The molecule has 0 N–H and O–H groups in total. The molecule has 2 bridgehead atoms. The maximum atomic E-state index is 12.2. The quantitative estimate of drug-likeness (QED) is 0.445. The second-order valence-electron chi connectivity index (χ2n) is 8.37. The Morgan fingerprint density at radius 2 is 2.00 bits per heavy atom. The molecule has 4 nitrogen and oxygen atoms in total. The van der Waals surface area contributed by atoms with E-state index >= 15 is 0 Å². The molecular formula is C22H26O4. The first-order valence-electron chi connectivity index (χ1n) is 9.35. The van der Waals surface area contributed by atoms with Crippen LogP contribution in [0.4, 0.5) is 0 Å². The summed E-state index contributed by atoms with van der Waals surface area (Å²) in [6.45, 7) is 7.19. The van der Waals surface area contributed by atoms with Crippen LogP contribution in [0.3, 0.4) is 0 Å². The van der Waals surface area contributed by atoms with E-state index in [1.54, 1.807) is 6.08 Å². The second kappa shape index (κ2) is 6.19. The number of ether oxygens (including phenoxy) is 3. The fraction of sp³-hybridized carbons (Fsp3) is 0.500. The first kappa shape index (κ1) is 17.2. The van der Waals surface area contributed by atoms with Gasteiger partial charge in [0.15, 0.2) is 11.5 Å². The lowest BCUT2D eigenvalue weighted by Crippen LogP contribution is -2.38. The molecule has 2 fully saturated rings. The van der Waals surface area contributed by atoms with Gasteiger partial charge in [-0.3, -0.25) is 0 Å². The normalized spacial score (nSPS) is 31.2. The molecule has 2 aliphatic carbocycles. The smallest absolute Gasteiger partial charge is 0.331 e. The van der Waals surface area contributed by atoms with Crippen LogP contribution in [0.25, 0.3) is 6.08 Å². The van der Waals surface area contributed by atoms with Gasteiger partial charge in [0.05, 0.1) is 0 Å². The van der Waals surface area contributed by atoms with Crippen LogP contribution in [0.2, 0.25) is 0 Å². The Labute approximate surface area is 154 Å². The Balaban J connectivity index is 1.34. The van der Waals surface area contributed by atoms with Crippen LogP contribution < -0.4 is 9.47 Å². The lowest BCUT2D eigenvalue weighted by Gasteiger charge is -2.38. The SMILES string of the molecule is CC1(C)[C@@H]2CC[C@@]1(C)[C@@H](OC(=O)/C=C/C=C/c1ccc3c(c1)OCO3)C2. The number of carbonyl (C=O) groups is 1. The van der Waals surface area contributed by atoms with Crippen molar-refractivity contribution < 1.29 is 19.0 Å². The number of hydrogen-bond donors (Lipinski definition) is 0. The van der Waals surface area contributed by atoms with Crippen LogP contribution in [-0.4, -0.2) is 18.9 Å². The molecule has 26 heavy (non-hydrogen) atoms. The second-order valence-corrected chi connectivity index (χ2v) is 8.37. The summed E-state index contributed by atoms with van der Waals surface area (Å²) in [5.74, 6) is 1.93. The van der Waals surface area contributed by atoms with Gasteiger partial charge in [-0.25, -0.2) is 4.79 Å². The predicted octanol–water partition coefficient (Wildman–Crippen LogP) is 4.74. The zero-order valence-corrected chi connectivity index (χ0v) is 15.7. The molecular weight excluding hydrogens is 328 g/mol. The molecule has 2 saturated carbocycles. The van der Waals surface area contributed by atoms with Gasteiger partial charge in [0, 0.05) is 11.5 Å². The van der Waals surface area contributed by atoms with Crippen molar-refractivity contribution in [2.24, 2.45) is 16.7 Å². The Morgan fingerprint density at radius 3 is 2.73 bits per heavy atom. The molecule has 1 aromatic carbocycles. The van der Waals surface area contributed by atoms with E-state index in [9.17, 15) is 4.79 Å². The minimum atomic E-state index is -0.255. The predicted molar refractivity (Wildman–Crippen MR) is 99.8 cm³/mol. The summed E-state index contributed by atoms with van der Waals surface area (Å²) in [5.41, 5.74) is 1.35. The molecule has 1 aliphatic heterocycles. The summed E-state index contributed by atoms with van der Waals surface area (Å²) in [6.07, 6.45) is 10.4. The molecule has 1 aromatic rings. The monoisotopic (exact) mass is 354 g/mol. The first-order valence-corrected chi connectivity index (χ1v) is 9.35. The van der Waals surface area contributed by atoms with E-state index in [1.807, 2.05) is 30.4 Å².